The zero-order valence-corrected chi connectivity index (χ0v) is 19.4. The highest BCUT2D eigenvalue weighted by molar-refractivity contribution is 7.18. The minimum Gasteiger partial charge on any atom is -0.574 e. The molecule has 15 heteroatoms. The fourth-order valence-electron chi connectivity index (χ4n) is 4.13. The average molecular weight is 507 g/mol. The van der Waals surface area contributed by atoms with Crippen LogP contribution >= 0.6 is 11.3 Å². The lowest BCUT2D eigenvalue weighted by molar-refractivity contribution is -1.08. The molecule has 4 rings (SSSR count). The fourth-order valence-corrected chi connectivity index (χ4v) is 5.45. The molecule has 0 spiro atoms. The minimum atomic E-state index is -4.73. The number of rotatable bonds is 7. The van der Waals surface area contributed by atoms with Crippen molar-refractivity contribution in [3.05, 3.63) is 36.5 Å². The summed E-state index contributed by atoms with van der Waals surface area (Å²) in [5, 5.41) is 11.0. The molecule has 0 radical (unpaired) electrons. The number of ether oxygens (including phenoxy) is 1. The molecule has 2 aromatic heterocycles. The number of aromatic nitrogens is 2. The van der Waals surface area contributed by atoms with E-state index in [0.29, 0.717) is 47.3 Å². The number of alkyl halides is 3. The van der Waals surface area contributed by atoms with Crippen molar-refractivity contribution >= 4 is 27.5 Å². The molecule has 2 atom stereocenters. The number of fused-ring (bicyclic) bond motifs is 1. The van der Waals surface area contributed by atoms with Crippen molar-refractivity contribution in [1.29, 1.82) is 0 Å². The van der Waals surface area contributed by atoms with Crippen LogP contribution in [0, 0.1) is 12.1 Å². The number of thiophene rings is 1. The second-order valence-electron chi connectivity index (χ2n) is 8.11. The van der Waals surface area contributed by atoms with Gasteiger partial charge in [-0.1, -0.05) is 0 Å². The molecule has 1 saturated heterocycles. The zero-order chi connectivity index (χ0) is 24.6. The molecule has 0 amide bonds. The molecular formula is C19H25F3N6O5S. The lowest BCUT2D eigenvalue weighted by Gasteiger charge is -2.24. The van der Waals surface area contributed by atoms with Crippen molar-refractivity contribution in [3.8, 4) is 0 Å². The van der Waals surface area contributed by atoms with Crippen molar-refractivity contribution in [2.24, 2.45) is 4.99 Å². The van der Waals surface area contributed by atoms with E-state index in [9.17, 15) is 28.0 Å². The fraction of sp³-hybridized carbons (Fsp3) is 0.632. The average Bonchev–Trinajstić information content (AvgIpc) is 3.50. The van der Waals surface area contributed by atoms with Gasteiger partial charge >= 0.3 is 11.9 Å². The Hall–Kier alpha value is -2.46. The number of nitrogens with zero attached hydrogens (tertiary/aromatic N) is 4. The molecule has 1 fully saturated rings. The first kappa shape index (κ1) is 24.7. The maximum absolute atomic E-state index is 13.2. The Morgan fingerprint density at radius 2 is 2.12 bits per heavy atom. The predicted molar refractivity (Wildman–Crippen MR) is 117 cm³/mol. The first-order chi connectivity index (χ1) is 16.1. The molecule has 0 bridgehead atoms. The monoisotopic (exact) mass is 506 g/mol. The third kappa shape index (κ3) is 4.98. The van der Waals surface area contributed by atoms with Gasteiger partial charge in [0.2, 0.25) is 5.96 Å². The van der Waals surface area contributed by atoms with Gasteiger partial charge in [-0.15, -0.1) is 16.7 Å². The highest BCUT2D eigenvalue weighted by atomic mass is 32.1. The molecule has 188 valence electrons. The number of halogens is 3. The van der Waals surface area contributed by atoms with Crippen LogP contribution in [-0.4, -0.2) is 59.1 Å². The molecule has 34 heavy (non-hydrogen) atoms. The summed E-state index contributed by atoms with van der Waals surface area (Å²) in [5.74, 6) is 0.301. The summed E-state index contributed by atoms with van der Waals surface area (Å²) in [6.45, 7) is 1.74. The largest absolute Gasteiger partial charge is 0.574 e. The molecule has 4 heterocycles. The number of nitrogens with one attached hydrogen (secondary N) is 2. The Labute approximate surface area is 195 Å². The summed E-state index contributed by atoms with van der Waals surface area (Å²) in [4.78, 5) is 37.7. The van der Waals surface area contributed by atoms with Crippen LogP contribution in [0.3, 0.4) is 0 Å². The third-order valence-electron chi connectivity index (χ3n) is 5.81. The molecule has 0 saturated carbocycles. The van der Waals surface area contributed by atoms with Crippen molar-refractivity contribution in [1.82, 2.24) is 19.5 Å². The second-order valence-corrected chi connectivity index (χ2v) is 9.19. The van der Waals surface area contributed by atoms with Crippen LogP contribution in [0.5, 0.6) is 0 Å². The standard InChI is InChI=1S/C19H25F3N6O5S/c1-11-13(9-25-6-5-23-17(25)24-28(31)32-2)34-16-14(11)15(29)27(10-19(20,21)22)18(30)26(16)8-12-4-3-7-33-12/h12,28H,3-10H2,1-2H3,(H,23,24). The van der Waals surface area contributed by atoms with Crippen LogP contribution in [0.1, 0.15) is 23.3 Å². The third-order valence-corrected chi connectivity index (χ3v) is 7.10. The van der Waals surface area contributed by atoms with Crippen molar-refractivity contribution < 1.29 is 28.1 Å². The maximum atomic E-state index is 13.2. The van der Waals surface area contributed by atoms with Crippen LogP contribution in [0.4, 0.5) is 13.2 Å². The van der Waals surface area contributed by atoms with E-state index in [-0.39, 0.29) is 29.1 Å². The number of hydrogen-bond donors (Lipinski definition) is 2. The van der Waals surface area contributed by atoms with Gasteiger partial charge in [0.25, 0.3) is 5.56 Å². The minimum absolute atomic E-state index is 0.0627. The number of aliphatic imine (C=N–C) groups is 1. The number of aryl methyl sites for hydroxylation is 1. The summed E-state index contributed by atoms with van der Waals surface area (Å²) in [6.07, 6.45) is -3.57. The molecule has 0 aromatic carbocycles. The van der Waals surface area contributed by atoms with Gasteiger partial charge < -0.3 is 14.8 Å². The SMILES string of the molecule is CO[NH+]([O-])NC1=NCCN1Cc1sc2c(c1C)c(=O)n(CC(F)(F)F)c(=O)n2CC1CCCO1. The first-order valence-corrected chi connectivity index (χ1v) is 11.5. The summed E-state index contributed by atoms with van der Waals surface area (Å²) < 4.78 is 46.7. The molecule has 11 nitrogen and oxygen atoms in total. The molecule has 2 aliphatic rings. The van der Waals surface area contributed by atoms with Gasteiger partial charge in [-0.25, -0.2) is 9.79 Å². The number of hydrogen-bond acceptors (Lipinski definition) is 9. The summed E-state index contributed by atoms with van der Waals surface area (Å²) in [7, 11) is 1.23. The van der Waals surface area contributed by atoms with Crippen molar-refractivity contribution in [3.63, 3.8) is 0 Å². The zero-order valence-electron chi connectivity index (χ0n) is 18.6. The predicted octanol–water partition coefficient (Wildman–Crippen LogP) is -0.105. The van der Waals surface area contributed by atoms with E-state index in [2.05, 4.69) is 15.3 Å². The highest BCUT2D eigenvalue weighted by Gasteiger charge is 2.32. The summed E-state index contributed by atoms with van der Waals surface area (Å²) in [6, 6.07) is 0. The van der Waals surface area contributed by atoms with Gasteiger partial charge in [-0.05, 0) is 25.3 Å². The Balaban J connectivity index is 1.77. The second kappa shape index (κ2) is 9.65. The molecule has 2 aliphatic heterocycles. The Morgan fingerprint density at radius 3 is 2.76 bits per heavy atom. The van der Waals surface area contributed by atoms with Gasteiger partial charge in [0.1, 0.15) is 11.4 Å². The van der Waals surface area contributed by atoms with E-state index in [1.807, 2.05) is 0 Å². The first-order valence-electron chi connectivity index (χ1n) is 10.7. The van der Waals surface area contributed by atoms with Crippen molar-refractivity contribution in [2.75, 3.05) is 26.8 Å². The van der Waals surface area contributed by atoms with Gasteiger partial charge in [0.05, 0.1) is 38.2 Å². The van der Waals surface area contributed by atoms with Crippen LogP contribution in [-0.2, 0) is 29.2 Å². The van der Waals surface area contributed by atoms with E-state index in [1.165, 1.54) is 23.0 Å². The summed E-state index contributed by atoms with van der Waals surface area (Å²) in [5.41, 5.74) is 1.04. The van der Waals surface area contributed by atoms with Crippen molar-refractivity contribution in [2.45, 2.75) is 51.7 Å². The van der Waals surface area contributed by atoms with Crippen LogP contribution in [0.15, 0.2) is 14.6 Å². The quantitative estimate of drug-likeness (QED) is 0.504. The van der Waals surface area contributed by atoms with E-state index >= 15 is 0 Å². The topological polar surface area (TPSA) is 118 Å². The molecule has 0 aliphatic carbocycles. The highest BCUT2D eigenvalue weighted by Crippen LogP contribution is 2.30. The Bertz CT molecular complexity index is 1200. The normalized spacial score (nSPS) is 19.8. The molecule has 2 unspecified atom stereocenters. The smallest absolute Gasteiger partial charge is 0.406 e. The van der Waals surface area contributed by atoms with Gasteiger partial charge in [-0.2, -0.15) is 23.4 Å². The van der Waals surface area contributed by atoms with E-state index in [1.54, 1.807) is 11.8 Å². The number of quaternary nitrogens is 1. The van der Waals surface area contributed by atoms with Gasteiger partial charge in [-0.3, -0.25) is 13.9 Å². The Kier molecular flexibility index (Phi) is 7.00. The lowest BCUT2D eigenvalue weighted by Crippen LogP contribution is -3.14. The molecule has 2 aromatic rings. The van der Waals surface area contributed by atoms with E-state index < -0.39 is 29.3 Å². The Morgan fingerprint density at radius 1 is 1.35 bits per heavy atom. The van der Waals surface area contributed by atoms with E-state index in [0.717, 1.165) is 6.42 Å². The van der Waals surface area contributed by atoms with E-state index in [4.69, 9.17) is 4.74 Å². The number of guanidine groups is 1. The van der Waals surface area contributed by atoms with Crippen LogP contribution in [0.25, 0.3) is 10.2 Å². The summed E-state index contributed by atoms with van der Waals surface area (Å²) >= 11 is 1.17. The lowest BCUT2D eigenvalue weighted by atomic mass is 10.2. The van der Waals surface area contributed by atoms with Gasteiger partial charge in [0.15, 0.2) is 0 Å². The maximum Gasteiger partial charge on any atom is 0.406 e. The molecular weight excluding hydrogens is 481 g/mol. The van der Waals surface area contributed by atoms with Crippen LogP contribution in [0.2, 0.25) is 0 Å². The molecule has 2 N–H and O–H groups in total. The van der Waals surface area contributed by atoms with Crippen LogP contribution < -0.4 is 22.0 Å². The van der Waals surface area contributed by atoms with Gasteiger partial charge in [0, 0.05) is 18.0 Å².